The molecule has 0 aliphatic rings. The molecule has 0 aliphatic heterocycles. The fourth-order valence-corrected chi connectivity index (χ4v) is 4.03. The summed E-state index contributed by atoms with van der Waals surface area (Å²) in [5.74, 6) is 0. The van der Waals surface area contributed by atoms with Gasteiger partial charge in [0.1, 0.15) is 0 Å². The van der Waals surface area contributed by atoms with Crippen molar-refractivity contribution >= 4 is 46.4 Å². The molecule has 94 valence electrons. The predicted molar refractivity (Wildman–Crippen MR) is 87.4 cm³/mol. The van der Waals surface area contributed by atoms with Gasteiger partial charge in [0, 0.05) is 0 Å². The summed E-state index contributed by atoms with van der Waals surface area (Å²) in [6.45, 7) is 0. The number of nitrogens with zero attached hydrogens (tertiary/aromatic N) is 1. The topological polar surface area (TPSA) is 12.9 Å². The molecule has 1 aromatic heterocycles. The van der Waals surface area contributed by atoms with Crippen LogP contribution in [0, 0.1) is 0 Å². The van der Waals surface area contributed by atoms with Gasteiger partial charge in [-0.05, 0) is 0 Å². The van der Waals surface area contributed by atoms with Crippen molar-refractivity contribution < 1.29 is 0 Å². The summed E-state index contributed by atoms with van der Waals surface area (Å²) < 4.78 is 3.39. The standard InChI is InChI=1S/C15H9Br2NSe/c16-12-5-1-10(2-6-12)14-9-19-15(18-14)11-3-7-13(17)8-4-11/h1-9H. The van der Waals surface area contributed by atoms with Crippen LogP contribution in [0.1, 0.15) is 0 Å². The fraction of sp³-hybridized carbons (Fsp3) is 0. The second-order valence-corrected chi connectivity index (χ2v) is 7.68. The SMILES string of the molecule is Brc1ccc(-c2c[se]c(-c3ccc(Br)cc3)n2)cc1. The first kappa shape index (κ1) is 13.3. The van der Waals surface area contributed by atoms with Crippen molar-refractivity contribution in [1.82, 2.24) is 4.98 Å². The van der Waals surface area contributed by atoms with E-state index in [1.165, 1.54) is 15.7 Å². The zero-order valence-corrected chi connectivity index (χ0v) is 14.7. The molecule has 1 nitrogen and oxygen atoms in total. The first-order valence-corrected chi connectivity index (χ1v) is 9.13. The second-order valence-electron chi connectivity index (χ2n) is 4.05. The number of hydrogen-bond acceptors (Lipinski definition) is 1. The average Bonchev–Trinajstić information content (AvgIpc) is 2.90. The number of rotatable bonds is 2. The van der Waals surface area contributed by atoms with Crippen LogP contribution in [0.15, 0.2) is 62.4 Å². The van der Waals surface area contributed by atoms with Crippen LogP contribution in [0.5, 0.6) is 0 Å². The normalized spacial score (nSPS) is 10.6. The van der Waals surface area contributed by atoms with Gasteiger partial charge in [-0.15, -0.1) is 0 Å². The Hall–Kier alpha value is -0.671. The van der Waals surface area contributed by atoms with Gasteiger partial charge in [0.25, 0.3) is 0 Å². The summed E-state index contributed by atoms with van der Waals surface area (Å²) in [5.41, 5.74) is 3.48. The first-order valence-electron chi connectivity index (χ1n) is 5.70. The summed E-state index contributed by atoms with van der Waals surface area (Å²) in [4.78, 5) is 7.01. The molecule has 0 amide bonds. The van der Waals surface area contributed by atoms with Gasteiger partial charge in [-0.2, -0.15) is 0 Å². The Morgan fingerprint density at radius 2 is 1.26 bits per heavy atom. The monoisotopic (exact) mass is 441 g/mol. The van der Waals surface area contributed by atoms with Gasteiger partial charge in [0.2, 0.25) is 0 Å². The van der Waals surface area contributed by atoms with E-state index >= 15 is 0 Å². The van der Waals surface area contributed by atoms with Crippen LogP contribution >= 0.6 is 31.9 Å². The Labute approximate surface area is 134 Å². The van der Waals surface area contributed by atoms with Crippen LogP contribution in [-0.4, -0.2) is 19.5 Å². The maximum absolute atomic E-state index is 4.76. The Morgan fingerprint density at radius 1 is 0.737 bits per heavy atom. The van der Waals surface area contributed by atoms with Crippen molar-refractivity contribution in [1.29, 1.82) is 0 Å². The number of halogens is 2. The van der Waals surface area contributed by atoms with E-state index in [0.29, 0.717) is 14.5 Å². The summed E-state index contributed by atoms with van der Waals surface area (Å²) in [5, 5.41) is 0. The first-order chi connectivity index (χ1) is 9.22. The molecule has 19 heavy (non-hydrogen) atoms. The van der Waals surface area contributed by atoms with Crippen LogP contribution in [0.2, 0.25) is 0 Å². The molecule has 0 unspecified atom stereocenters. The fourth-order valence-electron chi connectivity index (χ4n) is 1.75. The minimum absolute atomic E-state index is 0.316. The molecule has 4 heteroatoms. The Kier molecular flexibility index (Phi) is 4.04. The molecule has 0 aliphatic carbocycles. The number of hydrogen-bond donors (Lipinski definition) is 0. The van der Waals surface area contributed by atoms with E-state index in [-0.39, 0.29) is 0 Å². The van der Waals surface area contributed by atoms with Gasteiger partial charge in [-0.1, -0.05) is 0 Å². The quantitative estimate of drug-likeness (QED) is 0.510. The molecule has 0 fully saturated rings. The van der Waals surface area contributed by atoms with Crippen molar-refractivity contribution in [2.45, 2.75) is 0 Å². The Balaban J connectivity index is 1.95. The third-order valence-electron chi connectivity index (χ3n) is 2.74. The molecular weight excluding hydrogens is 433 g/mol. The molecule has 3 aromatic rings. The van der Waals surface area contributed by atoms with Crippen molar-refractivity contribution in [2.24, 2.45) is 0 Å². The molecule has 3 rings (SSSR count). The Morgan fingerprint density at radius 3 is 1.84 bits per heavy atom. The predicted octanol–water partition coefficient (Wildman–Crippen LogP) is 5.00. The summed E-state index contributed by atoms with van der Waals surface area (Å²) in [7, 11) is 0. The summed E-state index contributed by atoms with van der Waals surface area (Å²) in [6.07, 6.45) is 0. The molecule has 0 atom stereocenters. The molecular formula is C15H9Br2NSe. The number of aromatic nitrogens is 1. The van der Waals surface area contributed by atoms with Gasteiger partial charge in [0.15, 0.2) is 0 Å². The number of benzene rings is 2. The van der Waals surface area contributed by atoms with Gasteiger partial charge < -0.3 is 0 Å². The van der Waals surface area contributed by atoms with Crippen LogP contribution in [0.25, 0.3) is 21.4 Å². The summed E-state index contributed by atoms with van der Waals surface area (Å²) >= 11 is 7.23. The van der Waals surface area contributed by atoms with E-state index in [0.717, 1.165) is 14.6 Å². The molecule has 1 heterocycles. The second kappa shape index (κ2) is 5.76. The van der Waals surface area contributed by atoms with E-state index in [2.05, 4.69) is 85.3 Å². The molecule has 0 bridgehead atoms. The van der Waals surface area contributed by atoms with Crippen molar-refractivity contribution in [3.8, 4) is 21.4 Å². The molecule has 0 N–H and O–H groups in total. The molecule has 0 saturated heterocycles. The maximum atomic E-state index is 4.76. The molecule has 0 spiro atoms. The summed E-state index contributed by atoms with van der Waals surface area (Å²) in [6, 6.07) is 16.6. The van der Waals surface area contributed by atoms with E-state index in [4.69, 9.17) is 4.98 Å². The molecule has 0 radical (unpaired) electrons. The van der Waals surface area contributed by atoms with Gasteiger partial charge >= 0.3 is 135 Å². The van der Waals surface area contributed by atoms with Crippen LogP contribution < -0.4 is 0 Å². The van der Waals surface area contributed by atoms with Crippen LogP contribution in [0.3, 0.4) is 0 Å². The average molecular weight is 442 g/mol. The van der Waals surface area contributed by atoms with Crippen molar-refractivity contribution in [3.63, 3.8) is 0 Å². The zero-order valence-electron chi connectivity index (χ0n) is 9.81. The zero-order chi connectivity index (χ0) is 13.2. The van der Waals surface area contributed by atoms with E-state index in [1.807, 2.05) is 0 Å². The molecule has 0 saturated carbocycles. The Bertz CT molecular complexity index is 627. The van der Waals surface area contributed by atoms with Gasteiger partial charge in [-0.25, -0.2) is 0 Å². The van der Waals surface area contributed by atoms with Gasteiger partial charge in [0.05, 0.1) is 0 Å². The van der Waals surface area contributed by atoms with E-state index < -0.39 is 0 Å². The van der Waals surface area contributed by atoms with Crippen LogP contribution in [0.4, 0.5) is 0 Å². The van der Waals surface area contributed by atoms with E-state index in [1.54, 1.807) is 0 Å². The minimum atomic E-state index is 0.316. The third kappa shape index (κ3) is 3.09. The van der Waals surface area contributed by atoms with Crippen molar-refractivity contribution in [2.75, 3.05) is 0 Å². The third-order valence-corrected chi connectivity index (χ3v) is 5.66. The molecule has 2 aromatic carbocycles. The van der Waals surface area contributed by atoms with Crippen LogP contribution in [-0.2, 0) is 0 Å². The van der Waals surface area contributed by atoms with E-state index in [9.17, 15) is 0 Å². The van der Waals surface area contributed by atoms with Gasteiger partial charge in [-0.3, -0.25) is 0 Å². The van der Waals surface area contributed by atoms with Crippen molar-refractivity contribution in [3.05, 3.63) is 62.4 Å².